The molecule has 1 aliphatic rings. The summed E-state index contributed by atoms with van der Waals surface area (Å²) >= 11 is 0. The zero-order chi connectivity index (χ0) is 18.4. The number of ether oxygens (including phenoxy) is 1. The maximum atomic E-state index is 6.21. The Morgan fingerprint density at radius 2 is 1.64 bits per heavy atom. The van der Waals surface area contributed by atoms with Crippen molar-refractivity contribution in [2.75, 3.05) is 7.11 Å². The molecule has 0 saturated carbocycles. The van der Waals surface area contributed by atoms with Gasteiger partial charge in [-0.1, -0.05) is 12.1 Å². The third kappa shape index (κ3) is 3.19. The molecule has 0 unspecified atom stereocenters. The normalized spacial score (nSPS) is 18.4. The Kier molecular flexibility index (Phi) is 4.42. The van der Waals surface area contributed by atoms with E-state index in [0.717, 1.165) is 28.0 Å². The van der Waals surface area contributed by atoms with Gasteiger partial charge in [0.05, 0.1) is 18.3 Å². The third-order valence-corrected chi connectivity index (χ3v) is 5.30. The molecule has 2 aromatic rings. The molecule has 0 amide bonds. The van der Waals surface area contributed by atoms with E-state index < -0.39 is 7.12 Å². The first-order valence-corrected chi connectivity index (χ1v) is 8.62. The summed E-state index contributed by atoms with van der Waals surface area (Å²) in [5.41, 5.74) is 4.51. The Morgan fingerprint density at radius 1 is 1.00 bits per heavy atom. The van der Waals surface area contributed by atoms with Gasteiger partial charge in [-0.2, -0.15) is 0 Å². The van der Waals surface area contributed by atoms with Gasteiger partial charge in [-0.25, -0.2) is 0 Å². The maximum Gasteiger partial charge on any atom is 0.498 e. The number of aromatic nitrogens is 1. The average molecular weight is 339 g/mol. The highest BCUT2D eigenvalue weighted by atomic mass is 16.7. The molecule has 25 heavy (non-hydrogen) atoms. The minimum absolute atomic E-state index is 0.389. The first kappa shape index (κ1) is 18.0. The number of rotatable bonds is 3. The van der Waals surface area contributed by atoms with Crippen molar-refractivity contribution in [1.82, 2.24) is 4.98 Å². The molecule has 2 heterocycles. The van der Waals surface area contributed by atoms with Crippen LogP contribution in [-0.4, -0.2) is 30.4 Å². The summed E-state index contributed by atoms with van der Waals surface area (Å²) in [7, 11) is 1.21. The number of nitrogens with zero attached hydrogens (tertiary/aromatic N) is 1. The lowest BCUT2D eigenvalue weighted by Gasteiger charge is -2.32. The third-order valence-electron chi connectivity index (χ3n) is 5.30. The van der Waals surface area contributed by atoms with Crippen LogP contribution in [0, 0.1) is 13.8 Å². The molecule has 0 spiro atoms. The van der Waals surface area contributed by atoms with Crippen molar-refractivity contribution >= 4 is 12.6 Å². The quantitative estimate of drug-likeness (QED) is 0.800. The standard InChI is InChI=1S/C20H26BNO3/c1-13-10-14(2)22-12-16(13)15-8-9-18(23-7)17(11-15)21-24-19(3,4)20(5,6)25-21/h8-12H,1-7H3. The summed E-state index contributed by atoms with van der Waals surface area (Å²) in [5.74, 6) is 0.764. The van der Waals surface area contributed by atoms with Crippen LogP contribution in [0.2, 0.25) is 0 Å². The van der Waals surface area contributed by atoms with E-state index in [0.29, 0.717) is 0 Å². The molecule has 4 nitrogen and oxygen atoms in total. The topological polar surface area (TPSA) is 40.6 Å². The van der Waals surface area contributed by atoms with Gasteiger partial charge in [0.25, 0.3) is 0 Å². The highest BCUT2D eigenvalue weighted by Gasteiger charge is 2.52. The summed E-state index contributed by atoms with van der Waals surface area (Å²) in [6.07, 6.45) is 1.92. The lowest BCUT2D eigenvalue weighted by atomic mass is 9.77. The lowest BCUT2D eigenvalue weighted by Crippen LogP contribution is -2.41. The van der Waals surface area contributed by atoms with E-state index in [4.69, 9.17) is 14.0 Å². The maximum absolute atomic E-state index is 6.21. The van der Waals surface area contributed by atoms with Crippen LogP contribution in [0.4, 0.5) is 0 Å². The van der Waals surface area contributed by atoms with Gasteiger partial charge in [-0.3, -0.25) is 4.98 Å². The average Bonchev–Trinajstić information content (AvgIpc) is 2.75. The van der Waals surface area contributed by atoms with E-state index in [1.165, 1.54) is 5.56 Å². The van der Waals surface area contributed by atoms with Crippen molar-refractivity contribution in [3.05, 3.63) is 41.7 Å². The predicted molar refractivity (Wildman–Crippen MR) is 101 cm³/mol. The van der Waals surface area contributed by atoms with Gasteiger partial charge >= 0.3 is 7.12 Å². The fourth-order valence-corrected chi connectivity index (χ4v) is 3.05. The van der Waals surface area contributed by atoms with Crippen molar-refractivity contribution in [3.63, 3.8) is 0 Å². The van der Waals surface area contributed by atoms with E-state index in [1.54, 1.807) is 7.11 Å². The minimum Gasteiger partial charge on any atom is -0.497 e. The van der Waals surface area contributed by atoms with Crippen molar-refractivity contribution in [3.8, 4) is 16.9 Å². The molecule has 1 fully saturated rings. The van der Waals surface area contributed by atoms with E-state index in [9.17, 15) is 0 Å². The van der Waals surface area contributed by atoms with Crippen molar-refractivity contribution in [2.45, 2.75) is 52.7 Å². The molecule has 0 atom stereocenters. The van der Waals surface area contributed by atoms with Gasteiger partial charge in [0.15, 0.2) is 0 Å². The van der Waals surface area contributed by atoms with Crippen LogP contribution in [-0.2, 0) is 9.31 Å². The second-order valence-corrected chi connectivity index (χ2v) is 7.69. The Bertz CT molecular complexity index is 786. The predicted octanol–water partition coefficient (Wildman–Crippen LogP) is 3.67. The highest BCUT2D eigenvalue weighted by Crippen LogP contribution is 2.37. The van der Waals surface area contributed by atoms with Crippen LogP contribution in [0.5, 0.6) is 5.75 Å². The molecule has 1 saturated heterocycles. The molecule has 1 aromatic heterocycles. The van der Waals surface area contributed by atoms with Gasteiger partial charge in [-0.15, -0.1) is 0 Å². The Hall–Kier alpha value is -1.85. The van der Waals surface area contributed by atoms with Crippen molar-refractivity contribution in [2.24, 2.45) is 0 Å². The van der Waals surface area contributed by atoms with Crippen LogP contribution in [0.15, 0.2) is 30.5 Å². The van der Waals surface area contributed by atoms with Gasteiger partial charge in [-0.05, 0) is 64.8 Å². The van der Waals surface area contributed by atoms with E-state index in [2.05, 4.69) is 51.7 Å². The zero-order valence-electron chi connectivity index (χ0n) is 16.1. The number of aryl methyl sites for hydroxylation is 2. The number of pyridine rings is 1. The smallest absolute Gasteiger partial charge is 0.497 e. The van der Waals surface area contributed by atoms with Gasteiger partial charge in [0.1, 0.15) is 5.75 Å². The second-order valence-electron chi connectivity index (χ2n) is 7.69. The van der Waals surface area contributed by atoms with Gasteiger partial charge < -0.3 is 14.0 Å². The number of hydrogen-bond donors (Lipinski definition) is 0. The van der Waals surface area contributed by atoms with Crippen LogP contribution in [0.1, 0.15) is 39.0 Å². The second kappa shape index (κ2) is 6.15. The molecule has 0 N–H and O–H groups in total. The number of methoxy groups -OCH3 is 1. The Labute approximate surface area is 150 Å². The van der Waals surface area contributed by atoms with E-state index in [1.807, 2.05) is 25.3 Å². The summed E-state index contributed by atoms with van der Waals surface area (Å²) < 4.78 is 18.0. The van der Waals surface area contributed by atoms with Crippen LogP contribution in [0.3, 0.4) is 0 Å². The molecule has 1 aromatic carbocycles. The highest BCUT2D eigenvalue weighted by molar-refractivity contribution is 6.63. The van der Waals surface area contributed by atoms with E-state index in [-0.39, 0.29) is 11.2 Å². The molecular weight excluding hydrogens is 313 g/mol. The van der Waals surface area contributed by atoms with Crippen molar-refractivity contribution < 1.29 is 14.0 Å². The first-order chi connectivity index (χ1) is 11.6. The van der Waals surface area contributed by atoms with Crippen molar-refractivity contribution in [1.29, 1.82) is 0 Å². The molecule has 1 aliphatic heterocycles. The summed E-state index contributed by atoms with van der Waals surface area (Å²) in [4.78, 5) is 4.44. The monoisotopic (exact) mass is 339 g/mol. The summed E-state index contributed by atoms with van der Waals surface area (Å²) in [6.45, 7) is 12.3. The molecule has 132 valence electrons. The van der Waals surface area contributed by atoms with Gasteiger partial charge in [0.2, 0.25) is 0 Å². The SMILES string of the molecule is COc1ccc(-c2cnc(C)cc2C)cc1B1OC(C)(C)C(C)(C)O1. The summed E-state index contributed by atoms with van der Waals surface area (Å²) in [6, 6.07) is 8.19. The lowest BCUT2D eigenvalue weighted by molar-refractivity contribution is 0.00578. The molecule has 0 aliphatic carbocycles. The Balaban J connectivity index is 2.05. The van der Waals surface area contributed by atoms with Crippen LogP contribution >= 0.6 is 0 Å². The fraction of sp³-hybridized carbons (Fsp3) is 0.450. The van der Waals surface area contributed by atoms with E-state index >= 15 is 0 Å². The zero-order valence-corrected chi connectivity index (χ0v) is 16.1. The van der Waals surface area contributed by atoms with Crippen LogP contribution in [0.25, 0.3) is 11.1 Å². The largest absolute Gasteiger partial charge is 0.498 e. The number of benzene rings is 1. The molecule has 3 rings (SSSR count). The Morgan fingerprint density at radius 3 is 2.20 bits per heavy atom. The molecule has 5 heteroatoms. The molecular formula is C20H26BNO3. The molecule has 0 radical (unpaired) electrons. The van der Waals surface area contributed by atoms with Gasteiger partial charge in [0, 0.05) is 22.9 Å². The van der Waals surface area contributed by atoms with Crippen LogP contribution < -0.4 is 10.2 Å². The minimum atomic E-state index is -0.460. The number of hydrogen-bond acceptors (Lipinski definition) is 4. The summed E-state index contributed by atoms with van der Waals surface area (Å²) in [5, 5.41) is 0. The molecule has 0 bridgehead atoms. The fourth-order valence-electron chi connectivity index (χ4n) is 3.05. The first-order valence-electron chi connectivity index (χ1n) is 8.62.